The number of carbonyl (C=O) groups excluding carboxylic acids is 1. The molecule has 0 unspecified atom stereocenters. The van der Waals surface area contributed by atoms with E-state index in [-0.39, 0.29) is 22.5 Å². The van der Waals surface area contributed by atoms with Gasteiger partial charge in [0.25, 0.3) is 11.5 Å². The summed E-state index contributed by atoms with van der Waals surface area (Å²) < 4.78 is 1.41. The summed E-state index contributed by atoms with van der Waals surface area (Å²) in [5.74, 6) is -0.0119. The first-order chi connectivity index (χ1) is 13.9. The number of pyridine rings is 1. The minimum absolute atomic E-state index is 0.0124. The van der Waals surface area contributed by atoms with Gasteiger partial charge in [0.15, 0.2) is 5.65 Å². The van der Waals surface area contributed by atoms with Crippen molar-refractivity contribution < 1.29 is 4.79 Å². The number of rotatable bonds is 6. The third-order valence-corrected chi connectivity index (χ3v) is 5.84. The lowest BCUT2D eigenvalue weighted by molar-refractivity contribution is 0.102. The van der Waals surface area contributed by atoms with E-state index in [1.165, 1.54) is 15.9 Å². The molecule has 0 radical (unpaired) electrons. The number of anilines is 1. The van der Waals surface area contributed by atoms with Crippen molar-refractivity contribution in [3.05, 3.63) is 43.2 Å². The van der Waals surface area contributed by atoms with Gasteiger partial charge >= 0.3 is 5.69 Å². The van der Waals surface area contributed by atoms with Gasteiger partial charge in [0.2, 0.25) is 5.13 Å². The van der Waals surface area contributed by atoms with E-state index >= 15 is 0 Å². The van der Waals surface area contributed by atoms with Gasteiger partial charge in [0.05, 0.1) is 10.9 Å². The monoisotopic (exact) mass is 414 g/mol. The zero-order valence-corrected chi connectivity index (χ0v) is 17.3. The number of H-pyrrole nitrogens is 1. The molecule has 3 aromatic rings. The van der Waals surface area contributed by atoms with Crippen LogP contribution in [0.3, 0.4) is 0 Å². The Kier molecular flexibility index (Phi) is 5.03. The van der Waals surface area contributed by atoms with E-state index in [4.69, 9.17) is 0 Å². The standard InChI is InChI=1S/C19H22N6O3S/c1-4-7-25-14-13(16(27)22-19(25)28)11(8-12(20-14)9(2)3)15(26)21-18-24-23-17(29-18)10-5-6-10/h8-10H,4-7H2,1-3H3,(H,21,24,26)(H,22,27,28). The van der Waals surface area contributed by atoms with Gasteiger partial charge in [-0.3, -0.25) is 24.5 Å². The van der Waals surface area contributed by atoms with Crippen LogP contribution in [-0.2, 0) is 6.54 Å². The van der Waals surface area contributed by atoms with Crippen LogP contribution < -0.4 is 16.6 Å². The van der Waals surface area contributed by atoms with Crippen LogP contribution in [0.25, 0.3) is 11.0 Å². The molecule has 3 heterocycles. The summed E-state index contributed by atoms with van der Waals surface area (Å²) in [5, 5.41) is 12.3. The average molecular weight is 414 g/mol. The molecule has 0 saturated heterocycles. The molecule has 1 aliphatic rings. The van der Waals surface area contributed by atoms with E-state index < -0.39 is 17.2 Å². The van der Waals surface area contributed by atoms with Crippen molar-refractivity contribution in [2.75, 3.05) is 5.32 Å². The molecule has 152 valence electrons. The number of nitrogens with zero attached hydrogens (tertiary/aromatic N) is 4. The van der Waals surface area contributed by atoms with Crippen LogP contribution in [0.15, 0.2) is 15.7 Å². The van der Waals surface area contributed by atoms with E-state index in [2.05, 4.69) is 25.5 Å². The normalized spacial score (nSPS) is 13.9. The minimum Gasteiger partial charge on any atom is -0.296 e. The third-order valence-electron chi connectivity index (χ3n) is 4.84. The Balaban J connectivity index is 1.84. The van der Waals surface area contributed by atoms with Crippen molar-refractivity contribution in [3.8, 4) is 0 Å². The fraction of sp³-hybridized carbons (Fsp3) is 0.474. The van der Waals surface area contributed by atoms with Gasteiger partial charge in [-0.15, -0.1) is 10.2 Å². The highest BCUT2D eigenvalue weighted by atomic mass is 32.1. The fourth-order valence-corrected chi connectivity index (χ4v) is 4.05. The topological polar surface area (TPSA) is 123 Å². The highest BCUT2D eigenvalue weighted by Crippen LogP contribution is 2.42. The van der Waals surface area contributed by atoms with Gasteiger partial charge in [-0.05, 0) is 31.2 Å². The number of aromatic nitrogens is 5. The molecule has 0 aromatic carbocycles. The summed E-state index contributed by atoms with van der Waals surface area (Å²) in [4.78, 5) is 44.8. The largest absolute Gasteiger partial charge is 0.329 e. The van der Waals surface area contributed by atoms with Crippen LogP contribution in [0.1, 0.15) is 72.9 Å². The first-order valence-electron chi connectivity index (χ1n) is 9.71. The van der Waals surface area contributed by atoms with Crippen molar-refractivity contribution in [1.82, 2.24) is 24.7 Å². The molecule has 10 heteroatoms. The zero-order chi connectivity index (χ0) is 20.7. The van der Waals surface area contributed by atoms with Crippen LogP contribution in [0, 0.1) is 0 Å². The fourth-order valence-electron chi connectivity index (χ4n) is 3.14. The lowest BCUT2D eigenvalue weighted by Crippen LogP contribution is -2.32. The lowest BCUT2D eigenvalue weighted by atomic mass is 10.0. The van der Waals surface area contributed by atoms with E-state index in [0.29, 0.717) is 29.7 Å². The molecule has 29 heavy (non-hydrogen) atoms. The Morgan fingerprint density at radius 1 is 1.34 bits per heavy atom. The number of hydrogen-bond acceptors (Lipinski definition) is 7. The second-order valence-corrected chi connectivity index (χ2v) is 8.54. The van der Waals surface area contributed by atoms with E-state index in [9.17, 15) is 14.4 Å². The molecule has 9 nitrogen and oxygen atoms in total. The molecule has 0 aliphatic heterocycles. The highest BCUT2D eigenvalue weighted by molar-refractivity contribution is 7.15. The molecular weight excluding hydrogens is 392 g/mol. The van der Waals surface area contributed by atoms with Crippen molar-refractivity contribution >= 4 is 33.4 Å². The maximum atomic E-state index is 13.1. The number of aromatic amines is 1. The van der Waals surface area contributed by atoms with Gasteiger partial charge in [-0.1, -0.05) is 32.1 Å². The molecule has 1 saturated carbocycles. The van der Waals surface area contributed by atoms with Crippen LogP contribution >= 0.6 is 11.3 Å². The van der Waals surface area contributed by atoms with Crippen LogP contribution in [0.4, 0.5) is 5.13 Å². The number of fused-ring (bicyclic) bond motifs is 1. The Labute approximate surface area is 170 Å². The first kappa shape index (κ1) is 19.4. The summed E-state index contributed by atoms with van der Waals surface area (Å²) in [6.07, 6.45) is 2.88. The maximum Gasteiger partial charge on any atom is 0.329 e. The molecule has 0 bridgehead atoms. The SMILES string of the molecule is CCCn1c(=O)[nH]c(=O)c2c(C(=O)Nc3nnc(C4CC4)s3)cc(C(C)C)nc21. The van der Waals surface area contributed by atoms with E-state index in [1.807, 2.05) is 20.8 Å². The lowest BCUT2D eigenvalue weighted by Gasteiger charge is -2.14. The van der Waals surface area contributed by atoms with Crippen molar-refractivity contribution in [2.24, 2.45) is 0 Å². The number of aryl methyl sites for hydroxylation is 1. The first-order valence-corrected chi connectivity index (χ1v) is 10.5. The summed E-state index contributed by atoms with van der Waals surface area (Å²) in [7, 11) is 0. The molecule has 0 spiro atoms. The molecule has 1 aliphatic carbocycles. The van der Waals surface area contributed by atoms with E-state index in [1.54, 1.807) is 6.07 Å². The van der Waals surface area contributed by atoms with Crippen molar-refractivity contribution in [3.63, 3.8) is 0 Å². The van der Waals surface area contributed by atoms with E-state index in [0.717, 1.165) is 17.8 Å². The number of carbonyl (C=O) groups is 1. The Morgan fingerprint density at radius 3 is 2.76 bits per heavy atom. The molecular formula is C19H22N6O3S. The zero-order valence-electron chi connectivity index (χ0n) is 16.5. The second-order valence-electron chi connectivity index (χ2n) is 7.53. The van der Waals surface area contributed by atoms with Gasteiger partial charge < -0.3 is 0 Å². The predicted octanol–water partition coefficient (Wildman–Crippen LogP) is 2.60. The molecule has 1 fully saturated rings. The second kappa shape index (κ2) is 7.51. The Morgan fingerprint density at radius 2 is 2.10 bits per heavy atom. The number of nitrogens with one attached hydrogen (secondary N) is 2. The molecule has 4 rings (SSSR count). The smallest absolute Gasteiger partial charge is 0.296 e. The van der Waals surface area contributed by atoms with Crippen LogP contribution in [0.5, 0.6) is 0 Å². The highest BCUT2D eigenvalue weighted by Gasteiger charge is 2.28. The summed E-state index contributed by atoms with van der Waals surface area (Å²) in [6, 6.07) is 1.61. The van der Waals surface area contributed by atoms with Gasteiger partial charge in [0, 0.05) is 18.2 Å². The number of hydrogen-bond donors (Lipinski definition) is 2. The minimum atomic E-state index is -0.624. The van der Waals surface area contributed by atoms with Crippen LogP contribution in [0.2, 0.25) is 0 Å². The van der Waals surface area contributed by atoms with Crippen molar-refractivity contribution in [1.29, 1.82) is 0 Å². The maximum absolute atomic E-state index is 13.1. The molecule has 0 atom stereocenters. The average Bonchev–Trinajstić information content (AvgIpc) is 3.43. The number of amides is 1. The van der Waals surface area contributed by atoms with Gasteiger partial charge in [-0.25, -0.2) is 9.78 Å². The molecule has 3 aromatic heterocycles. The summed E-state index contributed by atoms with van der Waals surface area (Å²) in [6.45, 7) is 6.20. The van der Waals surface area contributed by atoms with Crippen LogP contribution in [-0.4, -0.2) is 30.6 Å². The van der Waals surface area contributed by atoms with Gasteiger partial charge in [-0.2, -0.15) is 0 Å². The predicted molar refractivity (Wildman–Crippen MR) is 111 cm³/mol. The quantitative estimate of drug-likeness (QED) is 0.639. The van der Waals surface area contributed by atoms with Gasteiger partial charge in [0.1, 0.15) is 5.01 Å². The molecule has 2 N–H and O–H groups in total. The Hall–Kier alpha value is -2.88. The van der Waals surface area contributed by atoms with Crippen molar-refractivity contribution in [2.45, 2.75) is 58.4 Å². The Bertz CT molecular complexity index is 1200. The third kappa shape index (κ3) is 3.71. The molecule has 1 amide bonds. The summed E-state index contributed by atoms with van der Waals surface area (Å²) >= 11 is 1.35. The summed E-state index contributed by atoms with van der Waals surface area (Å²) in [5.41, 5.74) is -0.113.